The monoisotopic (exact) mass is 568 g/mol. The Morgan fingerprint density at radius 2 is 1.52 bits per heavy atom. The van der Waals surface area contributed by atoms with E-state index in [4.69, 9.17) is 14.8 Å². The normalized spacial score (nSPS) is 17.1. The van der Waals surface area contributed by atoms with Crippen LogP contribution in [0.1, 0.15) is 30.7 Å². The molecule has 0 amide bonds. The van der Waals surface area contributed by atoms with Crippen molar-refractivity contribution >= 4 is 30.0 Å². The van der Waals surface area contributed by atoms with E-state index in [0.717, 1.165) is 11.8 Å². The Hall–Kier alpha value is -3.75. The van der Waals surface area contributed by atoms with Crippen LogP contribution in [0.3, 0.4) is 0 Å². The summed E-state index contributed by atoms with van der Waals surface area (Å²) in [4.78, 5) is 4.94. The SMILES string of the molecule is CCN(CC)[P@@]1(=Nc2ccccc2C(F)(F)F)c2c(C)nn(-c3ccccc3)c2N=C(c2ccccc2F)N1C. The highest BCUT2D eigenvalue weighted by Gasteiger charge is 2.45. The zero-order chi connectivity index (χ0) is 28.7. The Balaban J connectivity index is 1.96. The van der Waals surface area contributed by atoms with Gasteiger partial charge in [0.2, 0.25) is 0 Å². The summed E-state index contributed by atoms with van der Waals surface area (Å²) in [5.74, 6) is 0.206. The van der Waals surface area contributed by atoms with Crippen LogP contribution >= 0.6 is 7.36 Å². The Morgan fingerprint density at radius 1 is 0.900 bits per heavy atom. The highest BCUT2D eigenvalue weighted by atomic mass is 31.2. The first-order valence-corrected chi connectivity index (χ1v) is 14.6. The number of hydrogen-bond acceptors (Lipinski definition) is 3. The van der Waals surface area contributed by atoms with E-state index in [0.29, 0.717) is 29.9 Å². The molecule has 4 aromatic rings. The fourth-order valence-corrected chi connectivity index (χ4v) is 9.01. The number of amidine groups is 1. The molecule has 0 fully saturated rings. The minimum Gasteiger partial charge on any atom is -0.310 e. The number of nitrogens with zero attached hydrogens (tertiary/aromatic N) is 6. The number of hydrogen-bond donors (Lipinski definition) is 0. The summed E-state index contributed by atoms with van der Waals surface area (Å²) in [6.45, 7) is 6.66. The molecule has 6 nitrogen and oxygen atoms in total. The summed E-state index contributed by atoms with van der Waals surface area (Å²) in [5, 5.41) is 5.45. The maximum absolute atomic E-state index is 15.3. The van der Waals surface area contributed by atoms with Crippen molar-refractivity contribution in [3.8, 4) is 5.69 Å². The lowest BCUT2D eigenvalue weighted by atomic mass is 10.2. The van der Waals surface area contributed by atoms with Gasteiger partial charge in [0.05, 0.1) is 33.5 Å². The van der Waals surface area contributed by atoms with Crippen molar-refractivity contribution in [3.63, 3.8) is 0 Å². The van der Waals surface area contributed by atoms with Gasteiger partial charge in [-0.3, -0.25) is 4.67 Å². The van der Waals surface area contributed by atoms with Gasteiger partial charge in [0.25, 0.3) is 0 Å². The molecule has 0 N–H and O–H groups in total. The van der Waals surface area contributed by atoms with Crippen LogP contribution in [0.25, 0.3) is 5.69 Å². The minimum absolute atomic E-state index is 0.185. The fraction of sp³-hybridized carbons (Fsp3) is 0.241. The van der Waals surface area contributed by atoms with Crippen LogP contribution in [0.2, 0.25) is 0 Å². The molecule has 0 bridgehead atoms. The van der Waals surface area contributed by atoms with Crippen LogP contribution in [0.15, 0.2) is 88.6 Å². The van der Waals surface area contributed by atoms with Gasteiger partial charge >= 0.3 is 6.18 Å². The number of aliphatic imine (C=N–C) groups is 1. The molecule has 0 spiro atoms. The van der Waals surface area contributed by atoms with E-state index >= 15 is 4.39 Å². The molecular formula is C29H29F4N6P. The van der Waals surface area contributed by atoms with Crippen LogP contribution in [-0.4, -0.2) is 45.1 Å². The molecule has 1 aromatic heterocycles. The molecule has 0 aliphatic carbocycles. The smallest absolute Gasteiger partial charge is 0.310 e. The fourth-order valence-electron chi connectivity index (χ4n) is 5.12. The van der Waals surface area contributed by atoms with Crippen LogP contribution in [-0.2, 0) is 6.18 Å². The molecule has 0 saturated heterocycles. The van der Waals surface area contributed by atoms with Crippen LogP contribution in [0.5, 0.6) is 0 Å². The third kappa shape index (κ3) is 4.55. The molecule has 1 aliphatic heterocycles. The van der Waals surface area contributed by atoms with E-state index in [1.165, 1.54) is 18.2 Å². The lowest BCUT2D eigenvalue weighted by Crippen LogP contribution is -2.42. The maximum Gasteiger partial charge on any atom is 0.418 e. The van der Waals surface area contributed by atoms with Crippen LogP contribution in [0.4, 0.5) is 29.1 Å². The number of alkyl halides is 3. The highest BCUT2D eigenvalue weighted by molar-refractivity contribution is 7.70. The summed E-state index contributed by atoms with van der Waals surface area (Å²) >= 11 is 0. The van der Waals surface area contributed by atoms with E-state index in [2.05, 4.69) is 4.67 Å². The summed E-state index contributed by atoms with van der Waals surface area (Å²) in [6, 6.07) is 20.9. The van der Waals surface area contributed by atoms with Gasteiger partial charge in [0.15, 0.2) is 13.2 Å². The molecule has 1 atom stereocenters. The minimum atomic E-state index is -4.61. The van der Waals surface area contributed by atoms with Crippen molar-refractivity contribution in [1.82, 2.24) is 19.1 Å². The van der Waals surface area contributed by atoms with E-state index in [-0.39, 0.29) is 17.1 Å². The Kier molecular flexibility index (Phi) is 7.42. The predicted molar refractivity (Wildman–Crippen MR) is 152 cm³/mol. The standard InChI is InChI=1S/C29H29F4N6P/c1-5-38(6-2)40(36-25-19-13-11-17-23(25)29(31,32)33)26-20(3)35-39(21-14-8-7-9-15-21)28(26)34-27(37(40)4)22-16-10-12-18-24(22)30/h7-19H,5-6H2,1-4H3/t40-/m1/s1. The summed E-state index contributed by atoms with van der Waals surface area (Å²) in [6.07, 6.45) is -4.61. The zero-order valence-electron chi connectivity index (χ0n) is 22.6. The Morgan fingerprint density at radius 3 is 2.17 bits per heavy atom. The average molecular weight is 569 g/mol. The van der Waals surface area contributed by atoms with Gasteiger partial charge in [0, 0.05) is 20.1 Å². The summed E-state index contributed by atoms with van der Waals surface area (Å²) < 4.78 is 68.5. The summed E-state index contributed by atoms with van der Waals surface area (Å²) in [5.41, 5.74) is 0.524. The first kappa shape index (κ1) is 27.8. The molecule has 0 radical (unpaired) electrons. The average Bonchev–Trinajstić information content (AvgIpc) is 3.28. The van der Waals surface area contributed by atoms with Gasteiger partial charge in [-0.1, -0.05) is 56.3 Å². The molecule has 2 heterocycles. The lowest BCUT2D eigenvalue weighted by Gasteiger charge is -2.45. The van der Waals surface area contributed by atoms with Crippen LogP contribution in [0, 0.1) is 12.7 Å². The second kappa shape index (κ2) is 10.7. The number of halogens is 4. The van der Waals surface area contributed by atoms with Crippen molar-refractivity contribution in [2.24, 2.45) is 9.74 Å². The second-order valence-corrected chi connectivity index (χ2v) is 12.2. The lowest BCUT2D eigenvalue weighted by molar-refractivity contribution is -0.137. The van der Waals surface area contributed by atoms with Crippen molar-refractivity contribution < 1.29 is 17.6 Å². The molecule has 1 aliphatic rings. The third-order valence-corrected chi connectivity index (χ3v) is 10.9. The van der Waals surface area contributed by atoms with Crippen molar-refractivity contribution in [2.45, 2.75) is 26.9 Å². The number of aromatic nitrogens is 2. The number of fused-ring (bicyclic) bond motifs is 1. The van der Waals surface area contributed by atoms with Crippen molar-refractivity contribution in [3.05, 3.63) is 102 Å². The largest absolute Gasteiger partial charge is 0.418 e. The quantitative estimate of drug-likeness (QED) is 0.177. The molecule has 208 valence electrons. The molecule has 3 aromatic carbocycles. The highest BCUT2D eigenvalue weighted by Crippen LogP contribution is 2.62. The molecule has 0 unspecified atom stereocenters. The van der Waals surface area contributed by atoms with Gasteiger partial charge in [-0.25, -0.2) is 18.8 Å². The Bertz CT molecular complexity index is 1620. The number of aryl methyl sites for hydroxylation is 1. The first-order valence-electron chi connectivity index (χ1n) is 12.9. The second-order valence-electron chi connectivity index (χ2n) is 9.27. The predicted octanol–water partition coefficient (Wildman–Crippen LogP) is 7.69. The zero-order valence-corrected chi connectivity index (χ0v) is 23.5. The molecule has 5 rings (SSSR count). The number of rotatable bonds is 6. The van der Waals surface area contributed by atoms with E-state index < -0.39 is 24.9 Å². The van der Waals surface area contributed by atoms with E-state index in [1.54, 1.807) is 40.7 Å². The summed E-state index contributed by atoms with van der Waals surface area (Å²) in [7, 11) is -1.53. The van der Waals surface area contributed by atoms with Crippen molar-refractivity contribution in [2.75, 3.05) is 20.1 Å². The molecule has 40 heavy (non-hydrogen) atoms. The number of para-hydroxylation sites is 1. The number of benzene rings is 3. The maximum atomic E-state index is 15.3. The molecule has 11 heteroatoms. The third-order valence-electron chi connectivity index (χ3n) is 6.94. The first-order chi connectivity index (χ1) is 19.1. The van der Waals surface area contributed by atoms with E-state index in [9.17, 15) is 13.2 Å². The van der Waals surface area contributed by atoms with E-state index in [1.807, 2.05) is 51.1 Å². The molecule has 0 saturated carbocycles. The van der Waals surface area contributed by atoms with Crippen LogP contribution < -0.4 is 5.30 Å². The van der Waals surface area contributed by atoms with Gasteiger partial charge in [-0.05, 0) is 43.3 Å². The molecular weight excluding hydrogens is 539 g/mol. The Labute approximate surface area is 230 Å². The van der Waals surface area contributed by atoms with Gasteiger partial charge in [-0.2, -0.15) is 18.3 Å². The van der Waals surface area contributed by atoms with Gasteiger partial charge in [0.1, 0.15) is 11.7 Å². The van der Waals surface area contributed by atoms with Gasteiger partial charge < -0.3 is 4.67 Å². The van der Waals surface area contributed by atoms with Gasteiger partial charge in [-0.15, -0.1) is 0 Å². The topological polar surface area (TPSA) is 49.0 Å². The van der Waals surface area contributed by atoms with Crippen molar-refractivity contribution in [1.29, 1.82) is 0 Å².